The van der Waals surface area contributed by atoms with E-state index in [0.29, 0.717) is 5.69 Å². The molecule has 0 saturated heterocycles. The van der Waals surface area contributed by atoms with Crippen molar-refractivity contribution in [3.63, 3.8) is 0 Å². The summed E-state index contributed by atoms with van der Waals surface area (Å²) in [4.78, 5) is 4.14. The molecule has 1 aliphatic rings. The zero-order chi connectivity index (χ0) is 11.2. The normalized spacial score (nSPS) is 14.4. The van der Waals surface area contributed by atoms with Gasteiger partial charge in [0.15, 0.2) is 0 Å². The number of rotatable bonds is 6. The number of anilines is 1. The van der Waals surface area contributed by atoms with E-state index in [1.54, 1.807) is 6.07 Å². The van der Waals surface area contributed by atoms with Crippen molar-refractivity contribution in [2.24, 2.45) is 0 Å². The first-order valence-corrected chi connectivity index (χ1v) is 5.73. The first-order chi connectivity index (χ1) is 7.88. The number of aromatic nitrogens is 1. The topological polar surface area (TPSA) is 60.7 Å². The molecule has 0 amide bonds. The van der Waals surface area contributed by atoms with Crippen molar-refractivity contribution in [1.82, 2.24) is 10.3 Å². The molecule has 1 aromatic rings. The zero-order valence-electron chi connectivity index (χ0n) is 9.24. The third-order valence-corrected chi connectivity index (χ3v) is 2.53. The molecule has 0 unspecified atom stereocenters. The molecular formula is C12H16N4. The Balaban J connectivity index is 1.65. The van der Waals surface area contributed by atoms with Crippen molar-refractivity contribution in [3.05, 3.63) is 23.9 Å². The molecule has 2 rings (SSSR count). The van der Waals surface area contributed by atoms with Crippen molar-refractivity contribution in [3.8, 4) is 6.07 Å². The third-order valence-electron chi connectivity index (χ3n) is 2.53. The number of nitrogens with zero attached hydrogens (tertiary/aromatic N) is 2. The molecule has 1 aliphatic carbocycles. The maximum Gasteiger partial charge on any atom is 0.142 e. The van der Waals surface area contributed by atoms with Gasteiger partial charge in [0.05, 0.1) is 0 Å². The summed E-state index contributed by atoms with van der Waals surface area (Å²) in [6.45, 7) is 1.94. The van der Waals surface area contributed by atoms with Crippen LogP contribution in [-0.2, 0) is 0 Å². The molecule has 0 radical (unpaired) electrons. The molecule has 4 heteroatoms. The molecule has 0 spiro atoms. The molecule has 0 aliphatic heterocycles. The van der Waals surface area contributed by atoms with Gasteiger partial charge >= 0.3 is 0 Å². The van der Waals surface area contributed by atoms with Crippen molar-refractivity contribution >= 4 is 5.82 Å². The van der Waals surface area contributed by atoms with Crippen LogP contribution in [0, 0.1) is 11.3 Å². The van der Waals surface area contributed by atoms with Crippen LogP contribution in [-0.4, -0.2) is 24.1 Å². The molecule has 1 fully saturated rings. The van der Waals surface area contributed by atoms with E-state index in [1.807, 2.05) is 18.2 Å². The van der Waals surface area contributed by atoms with Crippen LogP contribution in [0.4, 0.5) is 5.82 Å². The lowest BCUT2D eigenvalue weighted by Gasteiger charge is -2.06. The van der Waals surface area contributed by atoms with Crippen LogP contribution >= 0.6 is 0 Å². The minimum absolute atomic E-state index is 0.459. The fraction of sp³-hybridized carbons (Fsp3) is 0.500. The predicted octanol–water partition coefficient (Wildman–Crippen LogP) is 1.51. The lowest BCUT2D eigenvalue weighted by Crippen LogP contribution is -2.20. The van der Waals surface area contributed by atoms with Crippen LogP contribution in [0.3, 0.4) is 0 Å². The molecule has 16 heavy (non-hydrogen) atoms. The Labute approximate surface area is 95.7 Å². The molecule has 84 valence electrons. The van der Waals surface area contributed by atoms with Gasteiger partial charge in [0.25, 0.3) is 0 Å². The van der Waals surface area contributed by atoms with E-state index in [9.17, 15) is 0 Å². The maximum absolute atomic E-state index is 8.69. The minimum atomic E-state index is 0.459. The SMILES string of the molecule is N#Cc1cccc(NCCCNC2CC2)n1. The standard InChI is InChI=1S/C12H16N4/c13-9-11-3-1-4-12(16-11)15-8-2-7-14-10-5-6-10/h1,3-4,10,14H,2,5-8H2,(H,15,16). The second-order valence-corrected chi connectivity index (χ2v) is 4.03. The van der Waals surface area contributed by atoms with Gasteiger partial charge in [-0.15, -0.1) is 0 Å². The second kappa shape index (κ2) is 5.47. The Bertz CT molecular complexity index is 379. The molecule has 4 nitrogen and oxygen atoms in total. The summed E-state index contributed by atoms with van der Waals surface area (Å²) in [5, 5.41) is 15.4. The summed E-state index contributed by atoms with van der Waals surface area (Å²) in [5.74, 6) is 0.783. The van der Waals surface area contributed by atoms with Gasteiger partial charge in [-0.1, -0.05) is 6.07 Å². The van der Waals surface area contributed by atoms with Gasteiger partial charge in [-0.2, -0.15) is 5.26 Å². The van der Waals surface area contributed by atoms with E-state index in [-0.39, 0.29) is 0 Å². The average molecular weight is 216 g/mol. The Morgan fingerprint density at radius 3 is 3.00 bits per heavy atom. The third kappa shape index (κ3) is 3.52. The van der Waals surface area contributed by atoms with Gasteiger partial charge < -0.3 is 10.6 Å². The van der Waals surface area contributed by atoms with Crippen molar-refractivity contribution in [1.29, 1.82) is 5.26 Å². The van der Waals surface area contributed by atoms with E-state index in [0.717, 1.165) is 31.4 Å². The van der Waals surface area contributed by atoms with Gasteiger partial charge in [-0.3, -0.25) is 0 Å². The summed E-state index contributed by atoms with van der Waals surface area (Å²) >= 11 is 0. The van der Waals surface area contributed by atoms with Gasteiger partial charge in [-0.25, -0.2) is 4.98 Å². The van der Waals surface area contributed by atoms with Crippen LogP contribution < -0.4 is 10.6 Å². The molecule has 0 bridgehead atoms. The minimum Gasteiger partial charge on any atom is -0.370 e. The molecule has 2 N–H and O–H groups in total. The Morgan fingerprint density at radius 2 is 2.25 bits per heavy atom. The molecule has 1 heterocycles. The van der Waals surface area contributed by atoms with Crippen molar-refractivity contribution in [2.45, 2.75) is 25.3 Å². The number of hydrogen-bond donors (Lipinski definition) is 2. The highest BCUT2D eigenvalue weighted by Crippen LogP contribution is 2.18. The van der Waals surface area contributed by atoms with Gasteiger partial charge in [0, 0.05) is 12.6 Å². The van der Waals surface area contributed by atoms with Crippen LogP contribution in [0.5, 0.6) is 0 Å². The van der Waals surface area contributed by atoms with Crippen LogP contribution in [0.2, 0.25) is 0 Å². The maximum atomic E-state index is 8.69. The highest BCUT2D eigenvalue weighted by Gasteiger charge is 2.19. The van der Waals surface area contributed by atoms with Gasteiger partial charge in [-0.05, 0) is 37.9 Å². The molecule has 1 saturated carbocycles. The summed E-state index contributed by atoms with van der Waals surface area (Å²) in [6, 6.07) is 8.24. The smallest absolute Gasteiger partial charge is 0.142 e. The van der Waals surface area contributed by atoms with Crippen LogP contribution in [0.25, 0.3) is 0 Å². The largest absolute Gasteiger partial charge is 0.370 e. The monoisotopic (exact) mass is 216 g/mol. The molecule has 0 aromatic carbocycles. The number of hydrogen-bond acceptors (Lipinski definition) is 4. The summed E-state index contributed by atoms with van der Waals surface area (Å²) in [6.07, 6.45) is 3.74. The summed E-state index contributed by atoms with van der Waals surface area (Å²) in [7, 11) is 0. The van der Waals surface area contributed by atoms with E-state index in [2.05, 4.69) is 15.6 Å². The van der Waals surface area contributed by atoms with Crippen molar-refractivity contribution < 1.29 is 0 Å². The van der Waals surface area contributed by atoms with Crippen LogP contribution in [0.1, 0.15) is 25.0 Å². The quantitative estimate of drug-likeness (QED) is 0.708. The van der Waals surface area contributed by atoms with E-state index in [4.69, 9.17) is 5.26 Å². The Morgan fingerprint density at radius 1 is 1.38 bits per heavy atom. The van der Waals surface area contributed by atoms with Gasteiger partial charge in [0.1, 0.15) is 17.6 Å². The number of nitriles is 1. The van der Waals surface area contributed by atoms with Gasteiger partial charge in [0.2, 0.25) is 0 Å². The molecular weight excluding hydrogens is 200 g/mol. The zero-order valence-corrected chi connectivity index (χ0v) is 9.24. The predicted molar refractivity (Wildman–Crippen MR) is 63.1 cm³/mol. The first-order valence-electron chi connectivity index (χ1n) is 5.73. The Kier molecular flexibility index (Phi) is 3.73. The van der Waals surface area contributed by atoms with E-state index >= 15 is 0 Å². The fourth-order valence-electron chi connectivity index (χ4n) is 1.49. The average Bonchev–Trinajstić information content (AvgIpc) is 3.13. The lowest BCUT2D eigenvalue weighted by molar-refractivity contribution is 0.658. The molecule has 1 aromatic heterocycles. The number of nitrogens with one attached hydrogen (secondary N) is 2. The highest BCUT2D eigenvalue weighted by atomic mass is 15.0. The lowest BCUT2D eigenvalue weighted by atomic mass is 10.3. The fourth-order valence-corrected chi connectivity index (χ4v) is 1.49. The summed E-state index contributed by atoms with van der Waals surface area (Å²) < 4.78 is 0. The van der Waals surface area contributed by atoms with E-state index < -0.39 is 0 Å². The highest BCUT2D eigenvalue weighted by molar-refractivity contribution is 5.38. The Hall–Kier alpha value is -1.60. The van der Waals surface area contributed by atoms with Crippen molar-refractivity contribution in [2.75, 3.05) is 18.4 Å². The molecule has 0 atom stereocenters. The summed E-state index contributed by atoms with van der Waals surface area (Å²) in [5.41, 5.74) is 0.459. The van der Waals surface area contributed by atoms with Crippen LogP contribution in [0.15, 0.2) is 18.2 Å². The first kappa shape index (κ1) is 10.9. The van der Waals surface area contributed by atoms with E-state index in [1.165, 1.54) is 12.8 Å². The number of pyridine rings is 1. The second-order valence-electron chi connectivity index (χ2n) is 4.03.